The molecule has 2 amide bonds. The number of nitrogens with zero attached hydrogens (tertiary/aromatic N) is 2. The van der Waals surface area contributed by atoms with Crippen molar-refractivity contribution in [3.8, 4) is 0 Å². The highest BCUT2D eigenvalue weighted by Crippen LogP contribution is 2.47. The summed E-state index contributed by atoms with van der Waals surface area (Å²) < 4.78 is 0. The highest BCUT2D eigenvalue weighted by molar-refractivity contribution is 8.77. The van der Waals surface area contributed by atoms with Crippen LogP contribution in [0.5, 0.6) is 0 Å². The highest BCUT2D eigenvalue weighted by atomic mass is 33.1. The van der Waals surface area contributed by atoms with Gasteiger partial charge in [-0.05, 0) is 18.4 Å². The molecule has 19 heavy (non-hydrogen) atoms. The SMILES string of the molecule is CN1C(=O)C2CSSC1(C)C(=O)N2Cc1cccs1. The third-order valence-corrected chi connectivity index (χ3v) is 7.58. The zero-order valence-electron chi connectivity index (χ0n) is 10.7. The van der Waals surface area contributed by atoms with Crippen molar-refractivity contribution in [2.45, 2.75) is 24.4 Å². The number of hydrogen-bond donors (Lipinski definition) is 0. The van der Waals surface area contributed by atoms with Crippen LogP contribution in [0, 0.1) is 0 Å². The van der Waals surface area contributed by atoms with Crippen molar-refractivity contribution in [3.63, 3.8) is 0 Å². The maximum absolute atomic E-state index is 12.7. The summed E-state index contributed by atoms with van der Waals surface area (Å²) in [6.45, 7) is 2.38. The van der Waals surface area contributed by atoms with E-state index in [0.717, 1.165) is 4.88 Å². The second kappa shape index (κ2) is 4.71. The lowest BCUT2D eigenvalue weighted by atomic mass is 10.1. The van der Waals surface area contributed by atoms with E-state index in [0.29, 0.717) is 12.3 Å². The molecule has 1 aromatic heterocycles. The summed E-state index contributed by atoms with van der Waals surface area (Å²) in [6, 6.07) is 3.65. The van der Waals surface area contributed by atoms with E-state index in [-0.39, 0.29) is 17.9 Å². The third-order valence-electron chi connectivity index (χ3n) is 3.64. The number of amides is 2. The van der Waals surface area contributed by atoms with Gasteiger partial charge in [0.15, 0.2) is 4.87 Å². The van der Waals surface area contributed by atoms with Crippen molar-refractivity contribution in [2.75, 3.05) is 12.8 Å². The molecule has 102 valence electrons. The smallest absolute Gasteiger partial charge is 0.260 e. The Hall–Kier alpha value is -0.660. The molecule has 4 rings (SSSR count). The number of rotatable bonds is 2. The predicted molar refractivity (Wildman–Crippen MR) is 79.9 cm³/mol. The van der Waals surface area contributed by atoms with Gasteiger partial charge in [0.1, 0.15) is 6.04 Å². The van der Waals surface area contributed by atoms with E-state index in [1.165, 1.54) is 10.8 Å². The van der Waals surface area contributed by atoms with E-state index in [1.807, 2.05) is 24.4 Å². The molecule has 7 heteroatoms. The van der Waals surface area contributed by atoms with Crippen molar-refractivity contribution in [1.29, 1.82) is 0 Å². The van der Waals surface area contributed by atoms with Crippen molar-refractivity contribution < 1.29 is 9.59 Å². The molecule has 4 heterocycles. The fourth-order valence-electron chi connectivity index (χ4n) is 2.34. The topological polar surface area (TPSA) is 40.6 Å². The van der Waals surface area contributed by atoms with E-state index in [4.69, 9.17) is 0 Å². The Balaban J connectivity index is 1.96. The first-order valence-corrected chi connectivity index (χ1v) is 9.15. The average Bonchev–Trinajstić information content (AvgIpc) is 2.83. The molecule has 2 atom stereocenters. The molecule has 4 nitrogen and oxygen atoms in total. The van der Waals surface area contributed by atoms with Gasteiger partial charge < -0.3 is 9.80 Å². The minimum Gasteiger partial charge on any atom is -0.322 e. The summed E-state index contributed by atoms with van der Waals surface area (Å²) in [5.41, 5.74) is 0. The summed E-state index contributed by atoms with van der Waals surface area (Å²) in [7, 11) is 4.85. The molecule has 0 N–H and O–H groups in total. The van der Waals surface area contributed by atoms with E-state index in [9.17, 15) is 9.59 Å². The molecule has 3 saturated heterocycles. The summed E-state index contributed by atoms with van der Waals surface area (Å²) >= 11 is 1.62. The standard InChI is InChI=1S/C12H14N2O2S3/c1-12-11(16)14(6-8-4-3-5-17-8)9(7-18-19-12)10(15)13(12)2/h3-5,9H,6-7H2,1-2H3. The van der Waals surface area contributed by atoms with Crippen LogP contribution in [-0.2, 0) is 16.1 Å². The number of fused-ring (bicyclic) bond motifs is 4. The number of hydrogen-bond acceptors (Lipinski definition) is 5. The molecule has 0 aliphatic carbocycles. The molecule has 0 saturated carbocycles. The maximum atomic E-state index is 12.7. The van der Waals surface area contributed by atoms with Crippen LogP contribution in [0.4, 0.5) is 0 Å². The Labute approximate surface area is 123 Å². The van der Waals surface area contributed by atoms with Crippen LogP contribution in [0.15, 0.2) is 17.5 Å². The van der Waals surface area contributed by atoms with E-state index in [1.54, 1.807) is 39.0 Å². The lowest BCUT2D eigenvalue weighted by Gasteiger charge is -2.45. The number of carbonyl (C=O) groups excluding carboxylic acids is 2. The predicted octanol–water partition coefficient (Wildman–Crippen LogP) is 2.03. The molecule has 2 unspecified atom stereocenters. The first kappa shape index (κ1) is 13.3. The Morgan fingerprint density at radius 2 is 2.26 bits per heavy atom. The Kier molecular flexibility index (Phi) is 3.31. The van der Waals surface area contributed by atoms with Crippen molar-refractivity contribution >= 4 is 44.7 Å². The van der Waals surface area contributed by atoms with Crippen LogP contribution in [-0.4, -0.2) is 45.3 Å². The normalized spacial score (nSPS) is 30.9. The molecule has 2 bridgehead atoms. The molecule has 1 aromatic rings. The molecule has 3 aliphatic rings. The summed E-state index contributed by atoms with van der Waals surface area (Å²) in [5, 5.41) is 2.00. The Bertz CT molecular complexity index is 519. The minimum atomic E-state index is -0.772. The second-order valence-electron chi connectivity index (χ2n) is 4.78. The minimum absolute atomic E-state index is 0.0444. The van der Waals surface area contributed by atoms with Gasteiger partial charge in [-0.1, -0.05) is 27.7 Å². The maximum Gasteiger partial charge on any atom is 0.260 e. The first-order chi connectivity index (χ1) is 9.04. The fourth-order valence-corrected chi connectivity index (χ4v) is 6.01. The van der Waals surface area contributed by atoms with Gasteiger partial charge in [0.2, 0.25) is 5.91 Å². The van der Waals surface area contributed by atoms with E-state index in [2.05, 4.69) is 0 Å². The fraction of sp³-hybridized carbons (Fsp3) is 0.500. The number of likely N-dealkylation sites (N-methyl/N-ethyl adjacent to an activating group) is 1. The second-order valence-corrected chi connectivity index (χ2v) is 8.55. The lowest BCUT2D eigenvalue weighted by Crippen LogP contribution is -2.66. The number of thiophene rings is 1. The van der Waals surface area contributed by atoms with Gasteiger partial charge in [-0.25, -0.2) is 0 Å². The van der Waals surface area contributed by atoms with Gasteiger partial charge in [0, 0.05) is 17.7 Å². The first-order valence-electron chi connectivity index (χ1n) is 5.96. The lowest BCUT2D eigenvalue weighted by molar-refractivity contribution is -0.160. The largest absolute Gasteiger partial charge is 0.322 e. The van der Waals surface area contributed by atoms with Gasteiger partial charge in [-0.15, -0.1) is 11.3 Å². The summed E-state index contributed by atoms with van der Waals surface area (Å²) in [4.78, 5) is 28.8. The van der Waals surface area contributed by atoms with Crippen LogP contribution in [0.3, 0.4) is 0 Å². The molecular weight excluding hydrogens is 300 g/mol. The van der Waals surface area contributed by atoms with E-state index >= 15 is 0 Å². The molecule has 0 radical (unpaired) electrons. The van der Waals surface area contributed by atoms with Gasteiger partial charge in [0.25, 0.3) is 5.91 Å². The number of carbonyl (C=O) groups is 2. The monoisotopic (exact) mass is 314 g/mol. The van der Waals surface area contributed by atoms with Crippen molar-refractivity contribution in [2.24, 2.45) is 0 Å². The molecule has 3 aliphatic heterocycles. The van der Waals surface area contributed by atoms with Crippen LogP contribution in [0.25, 0.3) is 0 Å². The van der Waals surface area contributed by atoms with Gasteiger partial charge in [-0.3, -0.25) is 9.59 Å². The highest BCUT2D eigenvalue weighted by Gasteiger charge is 2.55. The molecular formula is C12H14N2O2S3. The van der Waals surface area contributed by atoms with E-state index < -0.39 is 4.87 Å². The van der Waals surface area contributed by atoms with Crippen LogP contribution in [0.1, 0.15) is 11.8 Å². The van der Waals surface area contributed by atoms with Crippen LogP contribution >= 0.6 is 32.9 Å². The zero-order valence-corrected chi connectivity index (χ0v) is 13.1. The molecule has 3 fully saturated rings. The zero-order chi connectivity index (χ0) is 13.6. The van der Waals surface area contributed by atoms with Crippen molar-refractivity contribution in [3.05, 3.63) is 22.4 Å². The van der Waals surface area contributed by atoms with Crippen molar-refractivity contribution in [1.82, 2.24) is 9.80 Å². The van der Waals surface area contributed by atoms with Crippen LogP contribution in [0.2, 0.25) is 0 Å². The Morgan fingerprint density at radius 3 is 2.95 bits per heavy atom. The summed E-state index contributed by atoms with van der Waals surface area (Å²) in [6.07, 6.45) is 0. The van der Waals surface area contributed by atoms with Gasteiger partial charge >= 0.3 is 0 Å². The average molecular weight is 314 g/mol. The van der Waals surface area contributed by atoms with Crippen LogP contribution < -0.4 is 0 Å². The van der Waals surface area contributed by atoms with Gasteiger partial charge in [0.05, 0.1) is 6.54 Å². The molecule has 0 aromatic carbocycles. The van der Waals surface area contributed by atoms with Gasteiger partial charge in [-0.2, -0.15) is 0 Å². The summed E-state index contributed by atoms with van der Waals surface area (Å²) in [5.74, 6) is 0.764. The Morgan fingerprint density at radius 1 is 1.47 bits per heavy atom. The number of piperazine rings is 1. The quantitative estimate of drug-likeness (QED) is 0.783. The third kappa shape index (κ3) is 1.98. The molecule has 0 spiro atoms.